The van der Waals surface area contributed by atoms with Gasteiger partial charge in [-0.2, -0.15) is 0 Å². The fourth-order valence-electron chi connectivity index (χ4n) is 2.14. The first-order valence-electron chi connectivity index (χ1n) is 7.05. The van der Waals surface area contributed by atoms with Crippen molar-refractivity contribution in [3.05, 3.63) is 53.6 Å². The molecule has 20 heavy (non-hydrogen) atoms. The molecule has 0 aliphatic carbocycles. The number of carbonyl (C=O) groups excluding carboxylic acids is 1. The third-order valence-electron chi connectivity index (χ3n) is 3.32. The van der Waals surface area contributed by atoms with Crippen LogP contribution in [0.3, 0.4) is 0 Å². The molecule has 0 aliphatic heterocycles. The summed E-state index contributed by atoms with van der Waals surface area (Å²) in [7, 11) is 0. The Morgan fingerprint density at radius 1 is 1.20 bits per heavy atom. The van der Waals surface area contributed by atoms with Crippen LogP contribution in [0, 0.1) is 6.92 Å². The molecule has 2 heteroatoms. The van der Waals surface area contributed by atoms with Crippen molar-refractivity contribution >= 4 is 22.8 Å². The molecule has 2 rings (SSSR count). The largest absolute Gasteiger partial charge is 0.463 e. The Balaban J connectivity index is 2.20. The van der Waals surface area contributed by atoms with Crippen LogP contribution in [0.15, 0.2) is 42.5 Å². The van der Waals surface area contributed by atoms with Crippen LogP contribution in [-0.2, 0) is 9.53 Å². The molecule has 0 radical (unpaired) electrons. The van der Waals surface area contributed by atoms with Gasteiger partial charge in [0.05, 0.1) is 6.61 Å². The Morgan fingerprint density at radius 3 is 2.80 bits per heavy atom. The lowest BCUT2D eigenvalue weighted by atomic mass is 9.99. The third kappa shape index (κ3) is 3.47. The first-order chi connectivity index (χ1) is 9.72. The van der Waals surface area contributed by atoms with E-state index in [9.17, 15) is 4.79 Å². The average Bonchev–Trinajstić information content (AvgIpc) is 2.46. The van der Waals surface area contributed by atoms with Crippen LogP contribution in [0.2, 0.25) is 0 Å². The molecule has 0 saturated heterocycles. The second kappa shape index (κ2) is 6.90. The van der Waals surface area contributed by atoms with Crippen molar-refractivity contribution in [3.8, 4) is 0 Å². The van der Waals surface area contributed by atoms with Crippen molar-refractivity contribution in [2.45, 2.75) is 26.7 Å². The number of hydrogen-bond acceptors (Lipinski definition) is 2. The molecule has 104 valence electrons. The summed E-state index contributed by atoms with van der Waals surface area (Å²) >= 11 is 0. The molecule has 0 bridgehead atoms. The average molecular weight is 268 g/mol. The number of aryl methyl sites for hydroxylation is 1. The zero-order valence-electron chi connectivity index (χ0n) is 12.1. The quantitative estimate of drug-likeness (QED) is 0.453. The van der Waals surface area contributed by atoms with Crippen molar-refractivity contribution in [2.24, 2.45) is 0 Å². The van der Waals surface area contributed by atoms with E-state index in [0.717, 1.165) is 29.4 Å². The van der Waals surface area contributed by atoms with Gasteiger partial charge in [-0.25, -0.2) is 4.79 Å². The molecular weight excluding hydrogens is 248 g/mol. The highest BCUT2D eigenvalue weighted by Crippen LogP contribution is 2.23. The number of ether oxygens (including phenoxy) is 1. The van der Waals surface area contributed by atoms with Gasteiger partial charge >= 0.3 is 5.97 Å². The highest BCUT2D eigenvalue weighted by atomic mass is 16.5. The number of benzene rings is 2. The third-order valence-corrected chi connectivity index (χ3v) is 3.32. The van der Waals surface area contributed by atoms with Gasteiger partial charge in [0.15, 0.2) is 0 Å². The van der Waals surface area contributed by atoms with E-state index in [-0.39, 0.29) is 5.97 Å². The molecule has 0 aromatic heterocycles. The van der Waals surface area contributed by atoms with Crippen molar-refractivity contribution < 1.29 is 9.53 Å². The van der Waals surface area contributed by atoms with Crippen LogP contribution < -0.4 is 0 Å². The van der Waals surface area contributed by atoms with E-state index in [2.05, 4.69) is 38.1 Å². The van der Waals surface area contributed by atoms with Crippen molar-refractivity contribution in [3.63, 3.8) is 0 Å². The van der Waals surface area contributed by atoms with E-state index in [0.29, 0.717) is 6.61 Å². The number of carbonyl (C=O) groups is 1. The summed E-state index contributed by atoms with van der Waals surface area (Å²) in [6.07, 6.45) is 5.31. The maximum Gasteiger partial charge on any atom is 0.330 e. The van der Waals surface area contributed by atoms with Gasteiger partial charge < -0.3 is 4.74 Å². The molecule has 2 nitrogen and oxygen atoms in total. The maximum absolute atomic E-state index is 11.6. The van der Waals surface area contributed by atoms with E-state index in [1.807, 2.05) is 18.2 Å². The van der Waals surface area contributed by atoms with E-state index in [4.69, 9.17) is 4.74 Å². The summed E-state index contributed by atoms with van der Waals surface area (Å²) in [5.74, 6) is -0.272. The zero-order valence-corrected chi connectivity index (χ0v) is 12.1. The Kier molecular flexibility index (Phi) is 4.94. The fraction of sp³-hybridized carbons (Fsp3) is 0.278. The van der Waals surface area contributed by atoms with Gasteiger partial charge in [-0.3, -0.25) is 0 Å². The predicted octanol–water partition coefficient (Wildman–Crippen LogP) is 4.50. The predicted molar refractivity (Wildman–Crippen MR) is 83.6 cm³/mol. The minimum Gasteiger partial charge on any atom is -0.463 e. The minimum absolute atomic E-state index is 0.272. The van der Waals surface area contributed by atoms with Crippen LogP contribution in [0.1, 0.15) is 30.9 Å². The Morgan fingerprint density at radius 2 is 2.00 bits per heavy atom. The van der Waals surface area contributed by atoms with Gasteiger partial charge in [-0.15, -0.1) is 0 Å². The highest BCUT2D eigenvalue weighted by Gasteiger charge is 2.02. The number of fused-ring (bicyclic) bond motifs is 1. The van der Waals surface area contributed by atoms with E-state index >= 15 is 0 Å². The molecule has 0 fully saturated rings. The molecule has 0 N–H and O–H groups in total. The lowest BCUT2D eigenvalue weighted by molar-refractivity contribution is -0.137. The second-order valence-electron chi connectivity index (χ2n) is 4.87. The minimum atomic E-state index is -0.272. The van der Waals surface area contributed by atoms with Crippen LogP contribution in [-0.4, -0.2) is 12.6 Å². The summed E-state index contributed by atoms with van der Waals surface area (Å²) in [6.45, 7) is 4.62. The molecule has 0 amide bonds. The first kappa shape index (κ1) is 14.3. The summed E-state index contributed by atoms with van der Waals surface area (Å²) in [4.78, 5) is 11.6. The molecular formula is C18H20O2. The second-order valence-corrected chi connectivity index (χ2v) is 4.87. The summed E-state index contributed by atoms with van der Waals surface area (Å²) in [5, 5.41) is 2.34. The van der Waals surface area contributed by atoms with Crippen molar-refractivity contribution in [1.82, 2.24) is 0 Å². The fourth-order valence-corrected chi connectivity index (χ4v) is 2.14. The van der Waals surface area contributed by atoms with Crippen LogP contribution in [0.4, 0.5) is 0 Å². The van der Waals surface area contributed by atoms with E-state index in [1.165, 1.54) is 11.5 Å². The standard InChI is InChI=1S/C18H20O2/c1-3-4-13-20-18(19)12-11-16-14(2)9-10-15-7-5-6-8-17(15)16/h5-12H,3-4,13H2,1-2H3. The molecule has 0 heterocycles. The normalized spacial score (nSPS) is 11.1. The molecule has 0 spiro atoms. The van der Waals surface area contributed by atoms with Gasteiger partial charge in [0.1, 0.15) is 0 Å². The summed E-state index contributed by atoms with van der Waals surface area (Å²) in [5.41, 5.74) is 2.23. The van der Waals surface area contributed by atoms with Crippen molar-refractivity contribution in [2.75, 3.05) is 6.61 Å². The SMILES string of the molecule is CCCCOC(=O)C=Cc1c(C)ccc2ccccc12. The Bertz CT molecular complexity index is 626. The Labute approximate surface area is 120 Å². The molecule has 0 saturated carbocycles. The lowest BCUT2D eigenvalue weighted by Crippen LogP contribution is -2.01. The monoisotopic (exact) mass is 268 g/mol. The van der Waals surface area contributed by atoms with Gasteiger partial charge in [0, 0.05) is 6.08 Å². The lowest BCUT2D eigenvalue weighted by Gasteiger charge is -2.06. The Hall–Kier alpha value is -2.09. The molecule has 0 aliphatic rings. The number of rotatable bonds is 5. The van der Waals surface area contributed by atoms with Crippen LogP contribution >= 0.6 is 0 Å². The van der Waals surface area contributed by atoms with Crippen LogP contribution in [0.25, 0.3) is 16.8 Å². The maximum atomic E-state index is 11.6. The first-order valence-corrected chi connectivity index (χ1v) is 7.05. The molecule has 0 unspecified atom stereocenters. The van der Waals surface area contributed by atoms with Crippen molar-refractivity contribution in [1.29, 1.82) is 0 Å². The number of unbranched alkanes of at least 4 members (excludes halogenated alkanes) is 1. The highest BCUT2D eigenvalue weighted by molar-refractivity contribution is 5.95. The number of hydrogen-bond donors (Lipinski definition) is 0. The molecule has 2 aromatic carbocycles. The van der Waals surface area contributed by atoms with Crippen LogP contribution in [0.5, 0.6) is 0 Å². The molecule has 0 atom stereocenters. The zero-order chi connectivity index (χ0) is 14.4. The number of esters is 1. The summed E-state index contributed by atoms with van der Waals surface area (Å²) in [6, 6.07) is 12.4. The smallest absolute Gasteiger partial charge is 0.330 e. The van der Waals surface area contributed by atoms with Gasteiger partial charge in [-0.05, 0) is 41.3 Å². The van der Waals surface area contributed by atoms with Gasteiger partial charge in [0.25, 0.3) is 0 Å². The topological polar surface area (TPSA) is 26.3 Å². The van der Waals surface area contributed by atoms with Gasteiger partial charge in [0.2, 0.25) is 0 Å². The van der Waals surface area contributed by atoms with E-state index < -0.39 is 0 Å². The van der Waals surface area contributed by atoms with E-state index in [1.54, 1.807) is 0 Å². The molecule has 2 aromatic rings. The summed E-state index contributed by atoms with van der Waals surface area (Å²) < 4.78 is 5.13. The van der Waals surface area contributed by atoms with Gasteiger partial charge in [-0.1, -0.05) is 49.7 Å².